The molecule has 0 aliphatic carbocycles. The van der Waals surface area contributed by atoms with E-state index in [0.29, 0.717) is 11.3 Å². The minimum absolute atomic E-state index is 0.556. The lowest BCUT2D eigenvalue weighted by Gasteiger charge is -2.08. The number of methoxy groups -OCH3 is 1. The predicted molar refractivity (Wildman–Crippen MR) is 71.5 cm³/mol. The Morgan fingerprint density at radius 3 is 2.59 bits per heavy atom. The fourth-order valence-electron chi connectivity index (χ4n) is 1.69. The second-order valence-electron chi connectivity index (χ2n) is 3.55. The molecule has 0 aromatic heterocycles. The number of carbonyl (C=O) groups excluding carboxylic acids is 1. The van der Waals surface area contributed by atoms with Crippen molar-refractivity contribution < 1.29 is 9.53 Å². The monoisotopic (exact) mass is 290 g/mol. The van der Waals surface area contributed by atoms with Crippen molar-refractivity contribution in [1.82, 2.24) is 0 Å². The summed E-state index contributed by atoms with van der Waals surface area (Å²) < 4.78 is 6.12. The zero-order valence-electron chi connectivity index (χ0n) is 9.31. The lowest BCUT2D eigenvalue weighted by Crippen LogP contribution is -1.91. The largest absolute Gasteiger partial charge is 0.496 e. The van der Waals surface area contributed by atoms with Crippen LogP contribution in [0.4, 0.5) is 0 Å². The van der Waals surface area contributed by atoms with Crippen molar-refractivity contribution >= 4 is 22.2 Å². The van der Waals surface area contributed by atoms with Gasteiger partial charge in [0.25, 0.3) is 0 Å². The van der Waals surface area contributed by atoms with Crippen LogP contribution < -0.4 is 4.74 Å². The minimum atomic E-state index is 0.556. The lowest BCUT2D eigenvalue weighted by atomic mass is 10.0. The van der Waals surface area contributed by atoms with Gasteiger partial charge in [-0.15, -0.1) is 0 Å². The SMILES string of the molecule is COc1ccc(-c2ccccc2Br)cc1C=O. The van der Waals surface area contributed by atoms with Crippen molar-refractivity contribution in [2.24, 2.45) is 0 Å². The van der Waals surface area contributed by atoms with Gasteiger partial charge in [-0.1, -0.05) is 40.2 Å². The molecule has 0 fully saturated rings. The highest BCUT2D eigenvalue weighted by Crippen LogP contribution is 2.30. The molecule has 2 nitrogen and oxygen atoms in total. The summed E-state index contributed by atoms with van der Waals surface area (Å²) in [4.78, 5) is 11.0. The van der Waals surface area contributed by atoms with E-state index in [2.05, 4.69) is 15.9 Å². The zero-order chi connectivity index (χ0) is 12.3. The van der Waals surface area contributed by atoms with Crippen molar-refractivity contribution in [3.63, 3.8) is 0 Å². The van der Waals surface area contributed by atoms with E-state index in [-0.39, 0.29) is 0 Å². The fraction of sp³-hybridized carbons (Fsp3) is 0.0714. The van der Waals surface area contributed by atoms with Gasteiger partial charge in [-0.25, -0.2) is 0 Å². The minimum Gasteiger partial charge on any atom is -0.496 e. The van der Waals surface area contributed by atoms with Crippen LogP contribution in [0.5, 0.6) is 5.75 Å². The maximum atomic E-state index is 11.0. The van der Waals surface area contributed by atoms with Crippen LogP contribution in [0.3, 0.4) is 0 Å². The number of carbonyl (C=O) groups is 1. The fourth-order valence-corrected chi connectivity index (χ4v) is 2.20. The number of benzene rings is 2. The van der Waals surface area contributed by atoms with Crippen molar-refractivity contribution in [2.45, 2.75) is 0 Å². The van der Waals surface area contributed by atoms with Gasteiger partial charge in [-0.2, -0.15) is 0 Å². The Balaban J connectivity index is 2.54. The number of rotatable bonds is 3. The summed E-state index contributed by atoms with van der Waals surface area (Å²) >= 11 is 3.50. The average Bonchev–Trinajstić information content (AvgIpc) is 2.38. The summed E-state index contributed by atoms with van der Waals surface area (Å²) in [5, 5.41) is 0. The Hall–Kier alpha value is -1.61. The first-order valence-electron chi connectivity index (χ1n) is 5.14. The van der Waals surface area contributed by atoms with E-state index in [9.17, 15) is 4.79 Å². The highest BCUT2D eigenvalue weighted by atomic mass is 79.9. The molecule has 2 aromatic carbocycles. The lowest BCUT2D eigenvalue weighted by molar-refractivity contribution is 0.112. The molecule has 0 N–H and O–H groups in total. The molecule has 0 aliphatic rings. The van der Waals surface area contributed by atoms with E-state index in [0.717, 1.165) is 21.9 Å². The number of halogens is 1. The zero-order valence-corrected chi connectivity index (χ0v) is 10.9. The molecule has 0 spiro atoms. The van der Waals surface area contributed by atoms with Gasteiger partial charge in [0.05, 0.1) is 12.7 Å². The van der Waals surface area contributed by atoms with E-state index in [4.69, 9.17) is 4.74 Å². The summed E-state index contributed by atoms with van der Waals surface area (Å²) in [7, 11) is 1.56. The van der Waals surface area contributed by atoms with Gasteiger partial charge in [-0.05, 0) is 29.3 Å². The van der Waals surface area contributed by atoms with E-state index in [1.165, 1.54) is 0 Å². The smallest absolute Gasteiger partial charge is 0.153 e. The van der Waals surface area contributed by atoms with Crippen LogP contribution in [0.25, 0.3) is 11.1 Å². The predicted octanol–water partition coefficient (Wildman–Crippen LogP) is 3.94. The molecule has 86 valence electrons. The number of hydrogen-bond acceptors (Lipinski definition) is 2. The van der Waals surface area contributed by atoms with E-state index in [1.54, 1.807) is 13.2 Å². The van der Waals surface area contributed by atoms with Gasteiger partial charge in [0.2, 0.25) is 0 Å². The quantitative estimate of drug-likeness (QED) is 0.801. The van der Waals surface area contributed by atoms with Crippen LogP contribution in [0.2, 0.25) is 0 Å². The van der Waals surface area contributed by atoms with E-state index < -0.39 is 0 Å². The molecule has 0 unspecified atom stereocenters. The van der Waals surface area contributed by atoms with Gasteiger partial charge in [-0.3, -0.25) is 4.79 Å². The molecule has 2 aromatic rings. The normalized spacial score (nSPS) is 10.0. The Kier molecular flexibility index (Phi) is 3.59. The highest BCUT2D eigenvalue weighted by Gasteiger charge is 2.06. The van der Waals surface area contributed by atoms with Gasteiger partial charge >= 0.3 is 0 Å². The third-order valence-electron chi connectivity index (χ3n) is 2.54. The topological polar surface area (TPSA) is 26.3 Å². The maximum Gasteiger partial charge on any atom is 0.153 e. The molecule has 0 aliphatic heterocycles. The molecule has 17 heavy (non-hydrogen) atoms. The van der Waals surface area contributed by atoms with Crippen LogP contribution in [0.1, 0.15) is 10.4 Å². The van der Waals surface area contributed by atoms with E-state index >= 15 is 0 Å². The first kappa shape index (κ1) is 11.9. The molecule has 0 radical (unpaired) electrons. The summed E-state index contributed by atoms with van der Waals surface area (Å²) in [6.07, 6.45) is 0.805. The molecule has 0 saturated carbocycles. The maximum absolute atomic E-state index is 11.0. The number of aldehydes is 1. The van der Waals surface area contributed by atoms with E-state index in [1.807, 2.05) is 36.4 Å². The summed E-state index contributed by atoms with van der Waals surface area (Å²) in [5.74, 6) is 0.593. The Labute approximate surface area is 108 Å². The summed E-state index contributed by atoms with van der Waals surface area (Å²) in [6.45, 7) is 0. The molecule has 0 bridgehead atoms. The molecule has 0 heterocycles. The molecule has 0 atom stereocenters. The standard InChI is InChI=1S/C14H11BrO2/c1-17-14-7-6-10(8-11(14)9-16)12-4-2-3-5-13(12)15/h2-9H,1H3. The molecule has 2 rings (SSSR count). The third kappa shape index (κ3) is 2.39. The van der Waals surface area contributed by atoms with Crippen LogP contribution in [-0.2, 0) is 0 Å². The number of ether oxygens (including phenoxy) is 1. The Morgan fingerprint density at radius 1 is 1.18 bits per heavy atom. The molecule has 3 heteroatoms. The number of hydrogen-bond donors (Lipinski definition) is 0. The second-order valence-corrected chi connectivity index (χ2v) is 4.41. The van der Waals surface area contributed by atoms with Crippen molar-refractivity contribution in [2.75, 3.05) is 7.11 Å². The molecular weight excluding hydrogens is 280 g/mol. The highest BCUT2D eigenvalue weighted by molar-refractivity contribution is 9.10. The molecular formula is C14H11BrO2. The Morgan fingerprint density at radius 2 is 1.94 bits per heavy atom. The van der Waals surface area contributed by atoms with Crippen molar-refractivity contribution in [3.8, 4) is 16.9 Å². The van der Waals surface area contributed by atoms with Crippen LogP contribution in [0, 0.1) is 0 Å². The summed E-state index contributed by atoms with van der Waals surface area (Å²) in [5.41, 5.74) is 2.60. The molecule has 0 amide bonds. The molecule has 0 saturated heterocycles. The van der Waals surface area contributed by atoms with Gasteiger partial charge in [0.15, 0.2) is 6.29 Å². The van der Waals surface area contributed by atoms with Crippen molar-refractivity contribution in [1.29, 1.82) is 0 Å². The Bertz CT molecular complexity index is 550. The van der Waals surface area contributed by atoms with Crippen LogP contribution in [-0.4, -0.2) is 13.4 Å². The first-order valence-corrected chi connectivity index (χ1v) is 5.93. The first-order chi connectivity index (χ1) is 8.26. The van der Waals surface area contributed by atoms with Crippen LogP contribution >= 0.6 is 15.9 Å². The van der Waals surface area contributed by atoms with Crippen molar-refractivity contribution in [3.05, 3.63) is 52.5 Å². The van der Waals surface area contributed by atoms with Crippen LogP contribution in [0.15, 0.2) is 46.9 Å². The third-order valence-corrected chi connectivity index (χ3v) is 3.23. The van der Waals surface area contributed by atoms with Gasteiger partial charge < -0.3 is 4.74 Å². The second kappa shape index (κ2) is 5.15. The van der Waals surface area contributed by atoms with Gasteiger partial charge in [0.1, 0.15) is 5.75 Å². The van der Waals surface area contributed by atoms with Gasteiger partial charge in [0, 0.05) is 4.47 Å². The summed E-state index contributed by atoms with van der Waals surface area (Å²) in [6, 6.07) is 13.5. The average molecular weight is 291 g/mol.